The average molecular weight is 326 g/mol. The Labute approximate surface area is 117 Å². The molecule has 0 aliphatic carbocycles. The van der Waals surface area contributed by atoms with Crippen LogP contribution in [0.5, 0.6) is 0 Å². The van der Waals surface area contributed by atoms with Crippen LogP contribution in [-0.4, -0.2) is 5.91 Å². The van der Waals surface area contributed by atoms with E-state index in [4.69, 9.17) is 0 Å². The van der Waals surface area contributed by atoms with Crippen LogP contribution in [-0.2, 0) is 0 Å². The van der Waals surface area contributed by atoms with Crippen molar-refractivity contribution >= 4 is 27.5 Å². The Kier molecular flexibility index (Phi) is 3.95. The molecule has 0 bridgehead atoms. The number of hydrogen-bond donors (Lipinski definition) is 1. The molecule has 2 rings (SSSR count). The highest BCUT2D eigenvalue weighted by molar-refractivity contribution is 9.10. The number of carbonyl (C=O) groups is 1. The van der Waals surface area contributed by atoms with Crippen LogP contribution in [0.15, 0.2) is 40.9 Å². The molecule has 0 saturated carbocycles. The van der Waals surface area contributed by atoms with Gasteiger partial charge in [0.15, 0.2) is 0 Å². The van der Waals surface area contributed by atoms with E-state index in [9.17, 15) is 13.6 Å². The Morgan fingerprint density at radius 2 is 1.74 bits per heavy atom. The number of hydrogen-bond acceptors (Lipinski definition) is 1. The number of halogens is 3. The van der Waals surface area contributed by atoms with Gasteiger partial charge in [-0.1, -0.05) is 6.07 Å². The maximum atomic E-state index is 13.1. The zero-order valence-corrected chi connectivity index (χ0v) is 11.6. The highest BCUT2D eigenvalue weighted by Crippen LogP contribution is 2.21. The van der Waals surface area contributed by atoms with E-state index in [0.717, 1.165) is 5.56 Å². The quantitative estimate of drug-likeness (QED) is 0.876. The smallest absolute Gasteiger partial charge is 0.256 e. The SMILES string of the molecule is Cc1ccc(F)cc1NC(=O)c1ccc(F)cc1Br. The van der Waals surface area contributed by atoms with Gasteiger partial charge >= 0.3 is 0 Å². The first-order chi connectivity index (χ1) is 8.97. The number of benzene rings is 2. The zero-order valence-electron chi connectivity index (χ0n) is 10.0. The largest absolute Gasteiger partial charge is 0.322 e. The van der Waals surface area contributed by atoms with Crippen molar-refractivity contribution in [3.63, 3.8) is 0 Å². The molecule has 2 nitrogen and oxygen atoms in total. The molecule has 0 fully saturated rings. The van der Waals surface area contributed by atoms with Crippen molar-refractivity contribution < 1.29 is 13.6 Å². The molecule has 5 heteroatoms. The van der Waals surface area contributed by atoms with Crippen LogP contribution < -0.4 is 5.32 Å². The average Bonchev–Trinajstić information content (AvgIpc) is 2.33. The topological polar surface area (TPSA) is 29.1 Å². The van der Waals surface area contributed by atoms with E-state index in [1.54, 1.807) is 13.0 Å². The first-order valence-corrected chi connectivity index (χ1v) is 6.29. The maximum Gasteiger partial charge on any atom is 0.256 e. The summed E-state index contributed by atoms with van der Waals surface area (Å²) in [5, 5.41) is 2.60. The van der Waals surface area contributed by atoms with Crippen molar-refractivity contribution in [3.8, 4) is 0 Å². The van der Waals surface area contributed by atoms with Crippen LogP contribution >= 0.6 is 15.9 Å². The van der Waals surface area contributed by atoms with Crippen LogP contribution in [0.1, 0.15) is 15.9 Å². The summed E-state index contributed by atoms with van der Waals surface area (Å²) < 4.78 is 26.4. The predicted molar refractivity (Wildman–Crippen MR) is 73.2 cm³/mol. The number of aryl methyl sites for hydroxylation is 1. The van der Waals surface area contributed by atoms with Gasteiger partial charge in [-0.2, -0.15) is 0 Å². The number of carbonyl (C=O) groups excluding carboxylic acids is 1. The van der Waals surface area contributed by atoms with Crippen LogP contribution in [0, 0.1) is 18.6 Å². The standard InChI is InChI=1S/C14H10BrF2NO/c1-8-2-3-10(17)7-13(8)18-14(19)11-5-4-9(16)6-12(11)15/h2-7H,1H3,(H,18,19). The van der Waals surface area contributed by atoms with Crippen molar-refractivity contribution in [2.24, 2.45) is 0 Å². The number of nitrogens with one attached hydrogen (secondary N) is 1. The molecule has 0 radical (unpaired) electrons. The Morgan fingerprint density at radius 1 is 1.11 bits per heavy atom. The molecule has 0 saturated heterocycles. The minimum absolute atomic E-state index is 0.282. The molecule has 0 unspecified atom stereocenters. The fourth-order valence-corrected chi connectivity index (χ4v) is 2.12. The van der Waals surface area contributed by atoms with E-state index < -0.39 is 17.5 Å². The van der Waals surface area contributed by atoms with Gasteiger partial charge in [-0.15, -0.1) is 0 Å². The first-order valence-electron chi connectivity index (χ1n) is 5.50. The van der Waals surface area contributed by atoms with E-state index in [1.807, 2.05) is 0 Å². The lowest BCUT2D eigenvalue weighted by atomic mass is 10.1. The third kappa shape index (κ3) is 3.17. The molecular formula is C14H10BrF2NO. The lowest BCUT2D eigenvalue weighted by Crippen LogP contribution is -2.13. The van der Waals surface area contributed by atoms with Gasteiger partial charge in [-0.3, -0.25) is 4.79 Å². The highest BCUT2D eigenvalue weighted by Gasteiger charge is 2.12. The second-order valence-electron chi connectivity index (χ2n) is 4.04. The number of anilines is 1. The molecule has 0 atom stereocenters. The molecule has 0 spiro atoms. The van der Waals surface area contributed by atoms with Crippen molar-refractivity contribution in [3.05, 3.63) is 63.6 Å². The fraction of sp³-hybridized carbons (Fsp3) is 0.0714. The Balaban J connectivity index is 2.28. The Hall–Kier alpha value is -1.75. The fourth-order valence-electron chi connectivity index (χ4n) is 1.59. The van der Waals surface area contributed by atoms with E-state index in [2.05, 4.69) is 21.2 Å². The van der Waals surface area contributed by atoms with Gasteiger partial charge in [-0.05, 0) is 58.7 Å². The molecule has 19 heavy (non-hydrogen) atoms. The summed E-state index contributed by atoms with van der Waals surface area (Å²) >= 11 is 3.12. The summed E-state index contributed by atoms with van der Waals surface area (Å²) in [4.78, 5) is 12.0. The van der Waals surface area contributed by atoms with E-state index in [-0.39, 0.29) is 5.56 Å². The molecule has 0 aromatic heterocycles. The molecule has 1 amide bonds. The van der Waals surface area contributed by atoms with Crippen molar-refractivity contribution in [2.75, 3.05) is 5.32 Å². The van der Waals surface area contributed by atoms with Gasteiger partial charge in [-0.25, -0.2) is 8.78 Å². The molecular weight excluding hydrogens is 316 g/mol. The summed E-state index contributed by atoms with van der Waals surface area (Å²) in [5.74, 6) is -1.30. The second-order valence-corrected chi connectivity index (χ2v) is 4.89. The molecule has 2 aromatic carbocycles. The van der Waals surface area contributed by atoms with Gasteiger partial charge < -0.3 is 5.32 Å². The van der Waals surface area contributed by atoms with Gasteiger partial charge in [0.05, 0.1) is 5.56 Å². The number of amides is 1. The van der Waals surface area contributed by atoms with Crippen molar-refractivity contribution in [2.45, 2.75) is 6.92 Å². The van der Waals surface area contributed by atoms with Crippen LogP contribution in [0.3, 0.4) is 0 Å². The minimum Gasteiger partial charge on any atom is -0.322 e. The predicted octanol–water partition coefficient (Wildman–Crippen LogP) is 4.29. The summed E-state index contributed by atoms with van der Waals surface area (Å²) in [6.45, 7) is 1.76. The van der Waals surface area contributed by atoms with Gasteiger partial charge in [0.25, 0.3) is 5.91 Å². The van der Waals surface area contributed by atoms with Crippen LogP contribution in [0.4, 0.5) is 14.5 Å². The number of rotatable bonds is 2. The molecule has 0 aliphatic rings. The molecule has 0 aliphatic heterocycles. The molecule has 98 valence electrons. The zero-order chi connectivity index (χ0) is 14.0. The van der Waals surface area contributed by atoms with E-state index in [1.165, 1.54) is 30.3 Å². The van der Waals surface area contributed by atoms with Crippen molar-refractivity contribution in [1.82, 2.24) is 0 Å². The van der Waals surface area contributed by atoms with Gasteiger partial charge in [0.1, 0.15) is 11.6 Å². The summed E-state index contributed by atoms with van der Waals surface area (Å²) in [5.41, 5.74) is 1.42. The van der Waals surface area contributed by atoms with Gasteiger partial charge in [0.2, 0.25) is 0 Å². The third-order valence-corrected chi connectivity index (χ3v) is 3.28. The summed E-state index contributed by atoms with van der Waals surface area (Å²) in [6, 6.07) is 7.89. The van der Waals surface area contributed by atoms with E-state index >= 15 is 0 Å². The van der Waals surface area contributed by atoms with Crippen LogP contribution in [0.2, 0.25) is 0 Å². The Morgan fingerprint density at radius 3 is 2.42 bits per heavy atom. The normalized spacial score (nSPS) is 10.3. The lowest BCUT2D eigenvalue weighted by Gasteiger charge is -2.09. The van der Waals surface area contributed by atoms with Crippen LogP contribution in [0.25, 0.3) is 0 Å². The molecule has 2 aromatic rings. The maximum absolute atomic E-state index is 13.1. The highest BCUT2D eigenvalue weighted by atomic mass is 79.9. The second kappa shape index (κ2) is 5.48. The lowest BCUT2D eigenvalue weighted by molar-refractivity contribution is 0.102. The Bertz CT molecular complexity index is 643. The minimum atomic E-state index is -0.439. The molecule has 0 heterocycles. The van der Waals surface area contributed by atoms with Crippen molar-refractivity contribution in [1.29, 1.82) is 0 Å². The monoisotopic (exact) mass is 325 g/mol. The van der Waals surface area contributed by atoms with E-state index in [0.29, 0.717) is 10.2 Å². The summed E-state index contributed by atoms with van der Waals surface area (Å²) in [7, 11) is 0. The molecule has 1 N–H and O–H groups in total. The summed E-state index contributed by atoms with van der Waals surface area (Å²) in [6.07, 6.45) is 0. The first kappa shape index (κ1) is 13.7. The third-order valence-electron chi connectivity index (χ3n) is 2.62. The van der Waals surface area contributed by atoms with Gasteiger partial charge in [0, 0.05) is 10.2 Å².